The van der Waals surface area contributed by atoms with Crippen LogP contribution in [-0.4, -0.2) is 75.3 Å². The topological polar surface area (TPSA) is 151 Å². The Morgan fingerprint density at radius 3 is 2.39 bits per heavy atom. The number of carboxylic acids is 1. The molecule has 3 aromatic rings. The number of carboxylic acid groups (broad SMARTS) is 1. The molecule has 1 aromatic heterocycles. The monoisotopic (exact) mass is 620 g/mol. The number of aromatic carboxylic acids is 1. The van der Waals surface area contributed by atoms with Gasteiger partial charge in [-0.2, -0.15) is 4.99 Å². The number of anilines is 1. The van der Waals surface area contributed by atoms with Gasteiger partial charge in [-0.25, -0.2) is 18.6 Å². The van der Waals surface area contributed by atoms with Gasteiger partial charge in [-0.1, -0.05) is 23.9 Å². The summed E-state index contributed by atoms with van der Waals surface area (Å²) in [5, 5.41) is 9.54. The standard InChI is InChI=1S/C30H26F2N6O5S/c31-17-3-1-16(2-4-17)11-20-27(33)34-30(35-28(20)41)44-15-25(39)37-9-7-36(8-10-37)24-13-23-19(12-22(24)32)26(40)21(29(42)43)14-38(23)18-5-6-18/h1-4,11-14,18H,5-10,15H2,(H,42,43)(H2,33,34,35,41)/b20-11+. The summed E-state index contributed by atoms with van der Waals surface area (Å²) in [5.41, 5.74) is 6.25. The number of amides is 2. The van der Waals surface area contributed by atoms with Gasteiger partial charge in [0.25, 0.3) is 5.91 Å². The average molecular weight is 621 g/mol. The van der Waals surface area contributed by atoms with Crippen LogP contribution in [0.2, 0.25) is 0 Å². The fourth-order valence-corrected chi connectivity index (χ4v) is 5.94. The molecule has 0 spiro atoms. The Hall–Kier alpha value is -4.85. The molecule has 1 saturated heterocycles. The van der Waals surface area contributed by atoms with Gasteiger partial charge in [0.15, 0.2) is 5.17 Å². The molecule has 2 amide bonds. The molecule has 2 fully saturated rings. The molecule has 1 saturated carbocycles. The van der Waals surface area contributed by atoms with E-state index in [0.29, 0.717) is 37.3 Å². The average Bonchev–Trinajstić information content (AvgIpc) is 3.84. The number of hydrogen-bond donors (Lipinski definition) is 2. The predicted octanol–water partition coefficient (Wildman–Crippen LogP) is 3.03. The summed E-state index contributed by atoms with van der Waals surface area (Å²) in [4.78, 5) is 61.3. The van der Waals surface area contributed by atoms with Crippen LogP contribution in [0.4, 0.5) is 14.5 Å². The van der Waals surface area contributed by atoms with Gasteiger partial charge in [0.1, 0.15) is 23.0 Å². The Bertz CT molecular complexity index is 1860. The first-order chi connectivity index (χ1) is 21.1. The van der Waals surface area contributed by atoms with Gasteiger partial charge in [-0.15, -0.1) is 0 Å². The Kier molecular flexibility index (Phi) is 7.76. The van der Waals surface area contributed by atoms with Crippen molar-refractivity contribution in [2.24, 2.45) is 15.7 Å². The molecule has 0 radical (unpaired) electrons. The number of thioether (sulfide) groups is 1. The fourth-order valence-electron chi connectivity index (χ4n) is 5.19. The summed E-state index contributed by atoms with van der Waals surface area (Å²) in [7, 11) is 0. The first-order valence-corrected chi connectivity index (χ1v) is 14.8. The van der Waals surface area contributed by atoms with Crippen LogP contribution in [-0.2, 0) is 9.59 Å². The number of benzene rings is 2. The molecular formula is C30H26F2N6O5S. The van der Waals surface area contributed by atoms with Crippen LogP contribution in [0.5, 0.6) is 0 Å². The van der Waals surface area contributed by atoms with Crippen LogP contribution < -0.4 is 16.1 Å². The Labute approximate surface area is 253 Å². The zero-order valence-corrected chi connectivity index (χ0v) is 24.0. The van der Waals surface area contributed by atoms with E-state index in [0.717, 1.165) is 30.7 Å². The number of nitrogens with zero attached hydrogens (tertiary/aromatic N) is 5. The van der Waals surface area contributed by atoms with Gasteiger partial charge < -0.3 is 25.2 Å². The molecule has 44 heavy (non-hydrogen) atoms. The largest absolute Gasteiger partial charge is 0.477 e. The first kappa shape index (κ1) is 29.2. The van der Waals surface area contributed by atoms with Crippen molar-refractivity contribution < 1.29 is 28.3 Å². The van der Waals surface area contributed by atoms with E-state index in [-0.39, 0.29) is 50.9 Å². The minimum absolute atomic E-state index is 0.0226. The predicted molar refractivity (Wildman–Crippen MR) is 163 cm³/mol. The van der Waals surface area contributed by atoms with Crippen molar-refractivity contribution in [1.29, 1.82) is 0 Å². The molecule has 2 aromatic carbocycles. The minimum Gasteiger partial charge on any atom is -0.477 e. The van der Waals surface area contributed by atoms with E-state index in [1.54, 1.807) is 20.4 Å². The van der Waals surface area contributed by atoms with E-state index in [9.17, 15) is 28.7 Å². The molecular weight excluding hydrogens is 594 g/mol. The van der Waals surface area contributed by atoms with Crippen LogP contribution in [0.15, 0.2) is 62.9 Å². The SMILES string of the molecule is NC1=NC(SCC(=O)N2CCN(c3cc4c(cc3F)c(=O)c(C(=O)O)cn4C3CC3)CC2)=NC(=O)/C1=C/c1ccc(F)cc1. The number of aliphatic imine (C=N–C) groups is 2. The summed E-state index contributed by atoms with van der Waals surface area (Å²) < 4.78 is 30.2. The molecule has 3 aliphatic rings. The Morgan fingerprint density at radius 1 is 1.05 bits per heavy atom. The summed E-state index contributed by atoms with van der Waals surface area (Å²) in [6.45, 7) is 1.29. The molecule has 2 aliphatic heterocycles. The highest BCUT2D eigenvalue weighted by Gasteiger charge is 2.29. The number of carbonyl (C=O) groups is 3. The lowest BCUT2D eigenvalue weighted by Crippen LogP contribution is -2.49. The third kappa shape index (κ3) is 5.84. The number of pyridine rings is 1. The van der Waals surface area contributed by atoms with E-state index < -0.39 is 28.9 Å². The fraction of sp³-hybridized carbons (Fsp3) is 0.267. The van der Waals surface area contributed by atoms with E-state index >= 15 is 4.39 Å². The van der Waals surface area contributed by atoms with Crippen molar-refractivity contribution in [3.05, 3.63) is 81.2 Å². The lowest BCUT2D eigenvalue weighted by molar-refractivity contribution is -0.128. The maximum atomic E-state index is 15.3. The molecule has 6 rings (SSSR count). The van der Waals surface area contributed by atoms with Gasteiger partial charge in [-0.3, -0.25) is 14.4 Å². The van der Waals surface area contributed by atoms with Crippen molar-refractivity contribution in [3.8, 4) is 0 Å². The van der Waals surface area contributed by atoms with Crippen LogP contribution in [0.1, 0.15) is 34.8 Å². The molecule has 0 atom stereocenters. The van der Waals surface area contributed by atoms with Crippen LogP contribution >= 0.6 is 11.8 Å². The minimum atomic E-state index is -1.35. The Balaban J connectivity index is 1.10. The summed E-state index contributed by atoms with van der Waals surface area (Å²) in [6, 6.07) is 8.25. The molecule has 14 heteroatoms. The van der Waals surface area contributed by atoms with Crippen molar-refractivity contribution in [2.75, 3.05) is 36.8 Å². The first-order valence-electron chi connectivity index (χ1n) is 13.8. The number of aromatic nitrogens is 1. The number of amidine groups is 2. The number of nitrogens with two attached hydrogens (primary N) is 1. The van der Waals surface area contributed by atoms with Gasteiger partial charge in [-0.05, 0) is 48.7 Å². The number of hydrogen-bond acceptors (Lipinski definition) is 8. The zero-order valence-electron chi connectivity index (χ0n) is 23.2. The highest BCUT2D eigenvalue weighted by molar-refractivity contribution is 8.14. The number of halogens is 2. The van der Waals surface area contributed by atoms with Gasteiger partial charge in [0.2, 0.25) is 11.3 Å². The highest BCUT2D eigenvalue weighted by atomic mass is 32.2. The van der Waals surface area contributed by atoms with E-state index in [4.69, 9.17) is 5.73 Å². The van der Waals surface area contributed by atoms with Crippen molar-refractivity contribution in [1.82, 2.24) is 9.47 Å². The number of rotatable bonds is 6. The highest BCUT2D eigenvalue weighted by Crippen LogP contribution is 2.38. The lowest BCUT2D eigenvalue weighted by Gasteiger charge is -2.36. The van der Waals surface area contributed by atoms with Crippen molar-refractivity contribution >= 4 is 63.2 Å². The van der Waals surface area contributed by atoms with E-state index in [2.05, 4.69) is 9.98 Å². The maximum Gasteiger partial charge on any atom is 0.341 e. The van der Waals surface area contributed by atoms with E-state index in [1.807, 2.05) is 0 Å². The van der Waals surface area contributed by atoms with Crippen LogP contribution in [0.25, 0.3) is 17.0 Å². The Morgan fingerprint density at radius 2 is 1.75 bits per heavy atom. The molecule has 0 bridgehead atoms. The molecule has 11 nitrogen and oxygen atoms in total. The van der Waals surface area contributed by atoms with Crippen molar-refractivity contribution in [3.63, 3.8) is 0 Å². The third-order valence-corrected chi connectivity index (χ3v) is 8.50. The molecule has 3 heterocycles. The quantitative estimate of drug-likeness (QED) is 0.400. The van der Waals surface area contributed by atoms with Crippen LogP contribution in [0, 0.1) is 11.6 Å². The van der Waals surface area contributed by atoms with Crippen LogP contribution in [0.3, 0.4) is 0 Å². The summed E-state index contributed by atoms with van der Waals surface area (Å²) in [6.07, 6.45) is 4.49. The lowest BCUT2D eigenvalue weighted by atomic mass is 10.1. The number of carbonyl (C=O) groups excluding carboxylic acids is 2. The third-order valence-electron chi connectivity index (χ3n) is 7.67. The van der Waals surface area contributed by atoms with Crippen molar-refractivity contribution in [2.45, 2.75) is 18.9 Å². The second-order valence-corrected chi connectivity index (χ2v) is 11.5. The van der Waals surface area contributed by atoms with E-state index in [1.165, 1.54) is 36.5 Å². The molecule has 3 N–H and O–H groups in total. The second-order valence-electron chi connectivity index (χ2n) is 10.6. The number of fused-ring (bicyclic) bond motifs is 1. The summed E-state index contributed by atoms with van der Waals surface area (Å²) >= 11 is 0.978. The van der Waals surface area contributed by atoms with Gasteiger partial charge in [0, 0.05) is 43.8 Å². The number of piperazine rings is 1. The molecule has 1 aliphatic carbocycles. The second kappa shape index (κ2) is 11.7. The van der Waals surface area contributed by atoms with Gasteiger partial charge in [0.05, 0.1) is 22.5 Å². The normalized spacial score (nSPS) is 18.0. The molecule has 226 valence electrons. The zero-order chi connectivity index (χ0) is 31.1. The smallest absolute Gasteiger partial charge is 0.341 e. The molecule has 0 unspecified atom stereocenters. The van der Waals surface area contributed by atoms with Gasteiger partial charge >= 0.3 is 5.97 Å². The maximum absolute atomic E-state index is 15.3. The summed E-state index contributed by atoms with van der Waals surface area (Å²) in [5.74, 6) is -3.33.